The van der Waals surface area contributed by atoms with E-state index in [9.17, 15) is 4.39 Å². The number of nitrogens with one attached hydrogen (secondary N) is 1. The number of pyridine rings is 1. The van der Waals surface area contributed by atoms with Crippen molar-refractivity contribution < 1.29 is 4.39 Å². The standard InChI is InChI=1S/C28H34FN3/c1-22(23-8-7-18-32(19-16-23)27-10-3-2-4-11-27)20-28(24-12-14-25(29)15-13-24)31-21-26-9-5-6-17-30-26/h2-6,9-15,17,22-23,28,31H,7-8,16,18-21H2,1H3. The molecular weight excluding hydrogens is 397 g/mol. The summed E-state index contributed by atoms with van der Waals surface area (Å²) in [4.78, 5) is 6.98. The summed E-state index contributed by atoms with van der Waals surface area (Å²) in [6.45, 7) is 5.35. The predicted molar refractivity (Wildman–Crippen MR) is 130 cm³/mol. The van der Waals surface area contributed by atoms with Gasteiger partial charge < -0.3 is 10.2 Å². The predicted octanol–water partition coefficient (Wildman–Crippen LogP) is 6.38. The molecule has 0 amide bonds. The van der Waals surface area contributed by atoms with Gasteiger partial charge in [0.1, 0.15) is 5.82 Å². The number of nitrogens with zero attached hydrogens (tertiary/aromatic N) is 2. The molecule has 3 atom stereocenters. The van der Waals surface area contributed by atoms with E-state index in [0.29, 0.717) is 18.4 Å². The zero-order valence-corrected chi connectivity index (χ0v) is 19.0. The highest BCUT2D eigenvalue weighted by Crippen LogP contribution is 2.33. The lowest BCUT2D eigenvalue weighted by Crippen LogP contribution is -2.27. The van der Waals surface area contributed by atoms with E-state index in [2.05, 4.69) is 52.5 Å². The Labute approximate surface area is 191 Å². The Bertz CT molecular complexity index is 930. The summed E-state index contributed by atoms with van der Waals surface area (Å²) in [6, 6.07) is 23.9. The molecule has 3 nitrogen and oxygen atoms in total. The van der Waals surface area contributed by atoms with E-state index in [-0.39, 0.29) is 11.9 Å². The molecule has 0 bridgehead atoms. The monoisotopic (exact) mass is 431 g/mol. The lowest BCUT2D eigenvalue weighted by Gasteiger charge is -2.28. The van der Waals surface area contributed by atoms with Crippen LogP contribution in [0.2, 0.25) is 0 Å². The van der Waals surface area contributed by atoms with Crippen molar-refractivity contribution >= 4 is 5.69 Å². The third-order valence-electron chi connectivity index (χ3n) is 6.83. The fourth-order valence-electron chi connectivity index (χ4n) is 4.92. The largest absolute Gasteiger partial charge is 0.372 e. The number of para-hydroxylation sites is 1. The summed E-state index contributed by atoms with van der Waals surface area (Å²) >= 11 is 0. The van der Waals surface area contributed by atoms with Gasteiger partial charge in [0.15, 0.2) is 0 Å². The maximum atomic E-state index is 13.5. The van der Waals surface area contributed by atoms with Crippen molar-refractivity contribution in [1.82, 2.24) is 10.3 Å². The Morgan fingerprint density at radius 3 is 2.50 bits per heavy atom. The molecule has 1 aliphatic rings. The Kier molecular flexibility index (Phi) is 7.89. The van der Waals surface area contributed by atoms with Crippen molar-refractivity contribution in [1.29, 1.82) is 0 Å². The normalized spacial score (nSPS) is 18.7. The number of hydrogen-bond acceptors (Lipinski definition) is 3. The first-order valence-electron chi connectivity index (χ1n) is 11.9. The molecule has 4 heteroatoms. The number of rotatable bonds is 8. The van der Waals surface area contributed by atoms with Crippen molar-refractivity contribution in [2.45, 2.75) is 45.2 Å². The van der Waals surface area contributed by atoms with Gasteiger partial charge in [0.25, 0.3) is 0 Å². The second kappa shape index (κ2) is 11.2. The van der Waals surface area contributed by atoms with Gasteiger partial charge in [0.05, 0.1) is 5.69 Å². The summed E-state index contributed by atoms with van der Waals surface area (Å²) in [7, 11) is 0. The number of halogens is 1. The van der Waals surface area contributed by atoms with E-state index in [1.54, 1.807) is 12.1 Å². The molecule has 3 unspecified atom stereocenters. The summed E-state index contributed by atoms with van der Waals surface area (Å²) in [5.41, 5.74) is 3.51. The minimum absolute atomic E-state index is 0.182. The molecule has 0 spiro atoms. The fraction of sp³-hybridized carbons (Fsp3) is 0.393. The van der Waals surface area contributed by atoms with E-state index >= 15 is 0 Å². The second-order valence-electron chi connectivity index (χ2n) is 9.03. The van der Waals surface area contributed by atoms with E-state index in [0.717, 1.165) is 30.8 Å². The number of anilines is 1. The maximum absolute atomic E-state index is 13.5. The summed E-state index contributed by atoms with van der Waals surface area (Å²) in [5, 5.41) is 3.70. The fourth-order valence-corrected chi connectivity index (χ4v) is 4.92. The number of hydrogen-bond donors (Lipinski definition) is 1. The first-order chi connectivity index (χ1) is 15.7. The van der Waals surface area contributed by atoms with Crippen molar-refractivity contribution in [2.75, 3.05) is 18.0 Å². The van der Waals surface area contributed by atoms with Gasteiger partial charge in [-0.05, 0) is 79.5 Å². The average Bonchev–Trinajstić information content (AvgIpc) is 3.10. The molecule has 0 aliphatic carbocycles. The smallest absolute Gasteiger partial charge is 0.123 e. The SMILES string of the molecule is CC(CC(NCc1ccccn1)c1ccc(F)cc1)C1CCCN(c2ccccc2)CC1. The van der Waals surface area contributed by atoms with Gasteiger partial charge in [0.2, 0.25) is 0 Å². The van der Waals surface area contributed by atoms with Gasteiger partial charge in [-0.1, -0.05) is 43.3 Å². The number of aromatic nitrogens is 1. The van der Waals surface area contributed by atoms with Gasteiger partial charge in [-0.25, -0.2) is 4.39 Å². The summed E-state index contributed by atoms with van der Waals surface area (Å²) in [6.07, 6.45) is 6.57. The minimum Gasteiger partial charge on any atom is -0.372 e. The van der Waals surface area contributed by atoms with Crippen LogP contribution in [0.4, 0.5) is 10.1 Å². The van der Waals surface area contributed by atoms with Crippen LogP contribution in [0.5, 0.6) is 0 Å². The second-order valence-corrected chi connectivity index (χ2v) is 9.03. The van der Waals surface area contributed by atoms with Gasteiger partial charge in [0, 0.05) is 37.6 Å². The average molecular weight is 432 g/mol. The van der Waals surface area contributed by atoms with E-state index in [4.69, 9.17) is 0 Å². The van der Waals surface area contributed by atoms with E-state index in [1.165, 1.54) is 24.9 Å². The van der Waals surface area contributed by atoms with Crippen molar-refractivity contribution in [3.05, 3.63) is 96.1 Å². The van der Waals surface area contributed by atoms with Crippen LogP contribution in [0.3, 0.4) is 0 Å². The van der Waals surface area contributed by atoms with E-state index < -0.39 is 0 Å². The molecule has 3 aromatic rings. The molecule has 4 rings (SSSR count). The molecule has 1 N–H and O–H groups in total. The summed E-state index contributed by atoms with van der Waals surface area (Å²) < 4.78 is 13.5. The highest BCUT2D eigenvalue weighted by atomic mass is 19.1. The lowest BCUT2D eigenvalue weighted by molar-refractivity contribution is 0.277. The molecule has 1 fully saturated rings. The summed E-state index contributed by atoms with van der Waals surface area (Å²) in [5.74, 6) is 1.09. The van der Waals surface area contributed by atoms with Crippen molar-refractivity contribution in [2.24, 2.45) is 11.8 Å². The third-order valence-corrected chi connectivity index (χ3v) is 6.83. The minimum atomic E-state index is -0.185. The van der Waals surface area contributed by atoms with Crippen molar-refractivity contribution in [3.8, 4) is 0 Å². The molecule has 1 saturated heterocycles. The van der Waals surface area contributed by atoms with Crippen molar-refractivity contribution in [3.63, 3.8) is 0 Å². The molecule has 2 heterocycles. The van der Waals surface area contributed by atoms with Crippen LogP contribution in [0.15, 0.2) is 79.0 Å². The van der Waals surface area contributed by atoms with Gasteiger partial charge in [-0.3, -0.25) is 4.98 Å². The highest BCUT2D eigenvalue weighted by Gasteiger charge is 2.25. The zero-order chi connectivity index (χ0) is 22.2. The maximum Gasteiger partial charge on any atom is 0.123 e. The van der Waals surface area contributed by atoms with Gasteiger partial charge >= 0.3 is 0 Å². The quantitative estimate of drug-likeness (QED) is 0.448. The molecule has 1 aromatic heterocycles. The Morgan fingerprint density at radius 2 is 1.75 bits per heavy atom. The molecule has 32 heavy (non-hydrogen) atoms. The van der Waals surface area contributed by atoms with Gasteiger partial charge in [-0.15, -0.1) is 0 Å². The first-order valence-corrected chi connectivity index (χ1v) is 11.9. The van der Waals surface area contributed by atoms with Crippen LogP contribution in [0.1, 0.15) is 49.9 Å². The Balaban J connectivity index is 1.40. The number of benzene rings is 2. The molecular formula is C28H34FN3. The molecule has 0 saturated carbocycles. The van der Waals surface area contributed by atoms with Crippen LogP contribution in [-0.4, -0.2) is 18.1 Å². The third kappa shape index (κ3) is 6.17. The Morgan fingerprint density at radius 1 is 0.969 bits per heavy atom. The topological polar surface area (TPSA) is 28.2 Å². The van der Waals surface area contributed by atoms with Gasteiger partial charge in [-0.2, -0.15) is 0 Å². The Hall–Kier alpha value is -2.72. The molecule has 2 aromatic carbocycles. The highest BCUT2D eigenvalue weighted by molar-refractivity contribution is 5.45. The molecule has 168 valence electrons. The van der Waals surface area contributed by atoms with Crippen LogP contribution in [0, 0.1) is 17.7 Å². The first kappa shape index (κ1) is 22.5. The van der Waals surface area contributed by atoms with Crippen LogP contribution in [0.25, 0.3) is 0 Å². The lowest BCUT2D eigenvalue weighted by atomic mass is 9.82. The van der Waals surface area contributed by atoms with Crippen LogP contribution < -0.4 is 10.2 Å². The molecule has 1 aliphatic heterocycles. The molecule has 0 radical (unpaired) electrons. The van der Waals surface area contributed by atoms with E-state index in [1.807, 2.05) is 36.5 Å². The van der Waals surface area contributed by atoms with Crippen LogP contribution >= 0.6 is 0 Å². The van der Waals surface area contributed by atoms with Crippen LogP contribution in [-0.2, 0) is 6.54 Å². The zero-order valence-electron chi connectivity index (χ0n) is 19.0.